The van der Waals surface area contributed by atoms with E-state index in [1.165, 1.54) is 0 Å². The zero-order valence-corrected chi connectivity index (χ0v) is 20.1. The highest BCUT2D eigenvalue weighted by Crippen LogP contribution is 2.26. The molecule has 0 saturated carbocycles. The van der Waals surface area contributed by atoms with Gasteiger partial charge in [0.15, 0.2) is 0 Å². The number of aromatic nitrogens is 2. The SMILES string of the molecule is CC(C)(C)OC(=O)N1CCC(Cc2nccn2-c2ccc(Oc3ccc(Cl)cc3)cc2)CC1. The molecule has 7 heteroatoms. The number of hydrogen-bond acceptors (Lipinski definition) is 4. The molecule has 6 nitrogen and oxygen atoms in total. The van der Waals surface area contributed by atoms with E-state index < -0.39 is 5.60 Å². The highest BCUT2D eigenvalue weighted by molar-refractivity contribution is 6.30. The summed E-state index contributed by atoms with van der Waals surface area (Å²) in [6.45, 7) is 7.13. The quantitative estimate of drug-likeness (QED) is 0.429. The first-order valence-electron chi connectivity index (χ1n) is 11.3. The van der Waals surface area contributed by atoms with Gasteiger partial charge in [0, 0.05) is 42.6 Å². The molecule has 0 bridgehead atoms. The summed E-state index contributed by atoms with van der Waals surface area (Å²) >= 11 is 5.93. The van der Waals surface area contributed by atoms with Crippen LogP contribution in [0.4, 0.5) is 4.79 Å². The topological polar surface area (TPSA) is 56.6 Å². The minimum Gasteiger partial charge on any atom is -0.457 e. The number of hydrogen-bond donors (Lipinski definition) is 0. The largest absolute Gasteiger partial charge is 0.457 e. The Hall–Kier alpha value is -2.99. The van der Waals surface area contributed by atoms with Gasteiger partial charge in [0.2, 0.25) is 0 Å². The van der Waals surface area contributed by atoms with Crippen molar-refractivity contribution in [1.82, 2.24) is 14.5 Å². The molecule has 1 aliphatic rings. The fourth-order valence-electron chi connectivity index (χ4n) is 3.94. The van der Waals surface area contributed by atoms with Gasteiger partial charge in [-0.1, -0.05) is 11.6 Å². The second kappa shape index (κ2) is 9.87. The molecule has 0 atom stereocenters. The van der Waals surface area contributed by atoms with E-state index in [4.69, 9.17) is 21.1 Å². The first-order chi connectivity index (χ1) is 15.8. The van der Waals surface area contributed by atoms with Crippen LogP contribution in [0.3, 0.4) is 0 Å². The predicted molar refractivity (Wildman–Crippen MR) is 129 cm³/mol. The number of nitrogens with zero attached hydrogens (tertiary/aromatic N) is 3. The van der Waals surface area contributed by atoms with Crippen molar-refractivity contribution in [2.75, 3.05) is 13.1 Å². The minimum absolute atomic E-state index is 0.219. The lowest BCUT2D eigenvalue weighted by Crippen LogP contribution is -2.42. The van der Waals surface area contributed by atoms with Gasteiger partial charge in [-0.05, 0) is 88.1 Å². The van der Waals surface area contributed by atoms with Crippen molar-refractivity contribution in [1.29, 1.82) is 0 Å². The van der Waals surface area contributed by atoms with Crippen LogP contribution >= 0.6 is 11.6 Å². The van der Waals surface area contributed by atoms with E-state index in [1.54, 1.807) is 12.1 Å². The highest BCUT2D eigenvalue weighted by Gasteiger charge is 2.27. The van der Waals surface area contributed by atoms with Crippen LogP contribution in [0.1, 0.15) is 39.4 Å². The molecule has 1 aliphatic heterocycles. The summed E-state index contributed by atoms with van der Waals surface area (Å²) in [4.78, 5) is 18.7. The Bertz CT molecular complexity index is 1060. The van der Waals surface area contributed by atoms with E-state index >= 15 is 0 Å². The summed E-state index contributed by atoms with van der Waals surface area (Å²) in [6, 6.07) is 15.3. The Morgan fingerprint density at radius 3 is 2.24 bits per heavy atom. The van der Waals surface area contributed by atoms with E-state index in [0.717, 1.165) is 55.4 Å². The van der Waals surface area contributed by atoms with E-state index in [9.17, 15) is 4.79 Å². The lowest BCUT2D eigenvalue weighted by atomic mass is 9.93. The maximum Gasteiger partial charge on any atom is 0.410 e. The number of rotatable bonds is 5. The third-order valence-corrected chi connectivity index (χ3v) is 5.87. The summed E-state index contributed by atoms with van der Waals surface area (Å²) in [6.07, 6.45) is 6.37. The number of amides is 1. The molecular weight excluding hydrogens is 438 g/mol. The van der Waals surface area contributed by atoms with Gasteiger partial charge in [-0.2, -0.15) is 0 Å². The predicted octanol–water partition coefficient (Wildman–Crippen LogP) is 6.51. The molecule has 0 spiro atoms. The van der Waals surface area contributed by atoms with Crippen molar-refractivity contribution in [3.8, 4) is 17.2 Å². The standard InChI is InChI=1S/C26H30ClN3O3/c1-26(2,3)33-25(31)29-15-12-19(13-16-29)18-24-28-14-17-30(24)21-6-10-23(11-7-21)32-22-8-4-20(27)5-9-22/h4-11,14,17,19H,12-13,15-16,18H2,1-3H3. The zero-order valence-electron chi connectivity index (χ0n) is 19.3. The van der Waals surface area contributed by atoms with Crippen LogP contribution < -0.4 is 4.74 Å². The van der Waals surface area contributed by atoms with Crippen molar-refractivity contribution in [3.05, 3.63) is 71.8 Å². The lowest BCUT2D eigenvalue weighted by molar-refractivity contribution is 0.0183. The summed E-state index contributed by atoms with van der Waals surface area (Å²) in [5.74, 6) is 3.01. The minimum atomic E-state index is -0.464. The van der Waals surface area contributed by atoms with E-state index in [0.29, 0.717) is 10.9 Å². The molecule has 0 radical (unpaired) electrons. The van der Waals surface area contributed by atoms with Gasteiger partial charge < -0.3 is 18.9 Å². The average molecular weight is 468 g/mol. The molecule has 1 aromatic heterocycles. The van der Waals surface area contributed by atoms with Crippen LogP contribution in [0.5, 0.6) is 11.5 Å². The summed E-state index contributed by atoms with van der Waals surface area (Å²) in [5.41, 5.74) is 0.575. The third-order valence-electron chi connectivity index (χ3n) is 5.62. The maximum absolute atomic E-state index is 12.3. The number of halogens is 1. The van der Waals surface area contributed by atoms with Gasteiger partial charge in [0.05, 0.1) is 0 Å². The number of likely N-dealkylation sites (tertiary alicyclic amines) is 1. The monoisotopic (exact) mass is 467 g/mol. The molecular formula is C26H30ClN3O3. The lowest BCUT2D eigenvalue weighted by Gasteiger charge is -2.33. The Morgan fingerprint density at radius 1 is 1.03 bits per heavy atom. The van der Waals surface area contributed by atoms with Crippen LogP contribution in [-0.4, -0.2) is 39.2 Å². The van der Waals surface area contributed by atoms with Gasteiger partial charge in [-0.15, -0.1) is 0 Å². The summed E-state index contributed by atoms with van der Waals surface area (Å²) in [5, 5.41) is 0.681. The number of ether oxygens (including phenoxy) is 2. The highest BCUT2D eigenvalue weighted by atomic mass is 35.5. The fraction of sp³-hybridized carbons (Fsp3) is 0.385. The van der Waals surface area contributed by atoms with E-state index in [-0.39, 0.29) is 6.09 Å². The van der Waals surface area contributed by atoms with Gasteiger partial charge in [0.25, 0.3) is 0 Å². The van der Waals surface area contributed by atoms with Crippen molar-refractivity contribution < 1.29 is 14.3 Å². The molecule has 1 saturated heterocycles. The van der Waals surface area contributed by atoms with Crippen LogP contribution in [0.15, 0.2) is 60.9 Å². The molecule has 0 unspecified atom stereocenters. The number of carbonyl (C=O) groups is 1. The number of piperidine rings is 1. The van der Waals surface area contributed by atoms with Crippen molar-refractivity contribution in [2.45, 2.75) is 45.6 Å². The maximum atomic E-state index is 12.3. The molecule has 1 amide bonds. The van der Waals surface area contributed by atoms with Crippen molar-refractivity contribution in [3.63, 3.8) is 0 Å². The summed E-state index contributed by atoms with van der Waals surface area (Å²) < 4.78 is 13.5. The first kappa shape index (κ1) is 23.2. The second-order valence-electron chi connectivity index (χ2n) is 9.38. The Balaban J connectivity index is 1.35. The molecule has 33 heavy (non-hydrogen) atoms. The molecule has 1 fully saturated rings. The molecule has 4 rings (SSSR count). The second-order valence-corrected chi connectivity index (χ2v) is 9.81. The Morgan fingerprint density at radius 2 is 1.64 bits per heavy atom. The van der Waals surface area contributed by atoms with Gasteiger partial charge in [-0.25, -0.2) is 9.78 Å². The zero-order chi connectivity index (χ0) is 23.4. The Labute approximate surface area is 200 Å². The van der Waals surface area contributed by atoms with E-state index in [1.807, 2.05) is 74.5 Å². The molecule has 2 heterocycles. The third kappa shape index (κ3) is 6.29. The first-order valence-corrected chi connectivity index (χ1v) is 11.7. The molecule has 174 valence electrons. The number of imidazole rings is 1. The van der Waals surface area contributed by atoms with Gasteiger partial charge >= 0.3 is 6.09 Å². The molecule has 0 N–H and O–H groups in total. The fourth-order valence-corrected chi connectivity index (χ4v) is 4.06. The molecule has 2 aromatic carbocycles. The molecule has 3 aromatic rings. The van der Waals surface area contributed by atoms with Crippen molar-refractivity contribution >= 4 is 17.7 Å². The van der Waals surface area contributed by atoms with Crippen LogP contribution in [0.25, 0.3) is 5.69 Å². The number of benzene rings is 2. The van der Waals surface area contributed by atoms with Crippen LogP contribution in [-0.2, 0) is 11.2 Å². The summed E-state index contributed by atoms with van der Waals surface area (Å²) in [7, 11) is 0. The average Bonchev–Trinajstić information content (AvgIpc) is 3.23. The van der Waals surface area contributed by atoms with E-state index in [2.05, 4.69) is 9.55 Å². The van der Waals surface area contributed by atoms with Crippen LogP contribution in [0, 0.1) is 5.92 Å². The normalized spacial score (nSPS) is 14.8. The van der Waals surface area contributed by atoms with Crippen LogP contribution in [0.2, 0.25) is 5.02 Å². The Kier molecular flexibility index (Phi) is 6.94. The number of carbonyl (C=O) groups excluding carboxylic acids is 1. The smallest absolute Gasteiger partial charge is 0.410 e. The van der Waals surface area contributed by atoms with Crippen molar-refractivity contribution in [2.24, 2.45) is 5.92 Å². The molecule has 0 aliphatic carbocycles. The van der Waals surface area contributed by atoms with Gasteiger partial charge in [0.1, 0.15) is 22.9 Å². The van der Waals surface area contributed by atoms with Gasteiger partial charge in [-0.3, -0.25) is 0 Å².